The number of nitrogens with zero attached hydrogens (tertiary/aromatic N) is 2. The van der Waals surface area contributed by atoms with E-state index >= 15 is 0 Å². The van der Waals surface area contributed by atoms with E-state index in [0.29, 0.717) is 6.04 Å². The molecule has 20 heavy (non-hydrogen) atoms. The SMILES string of the molecule is Cc1ncc(CN2CCCNC(C3CCCCC3)C2)s1. The Labute approximate surface area is 126 Å². The summed E-state index contributed by atoms with van der Waals surface area (Å²) in [5.41, 5.74) is 0. The Bertz CT molecular complexity index is 412. The van der Waals surface area contributed by atoms with Gasteiger partial charge >= 0.3 is 0 Å². The molecule has 1 N–H and O–H groups in total. The van der Waals surface area contributed by atoms with Crippen molar-refractivity contribution in [1.29, 1.82) is 0 Å². The van der Waals surface area contributed by atoms with Crippen LogP contribution in [0.3, 0.4) is 0 Å². The molecule has 3 rings (SSSR count). The van der Waals surface area contributed by atoms with Crippen LogP contribution in [0.1, 0.15) is 48.4 Å². The Morgan fingerprint density at radius 3 is 2.90 bits per heavy atom. The molecule has 0 bridgehead atoms. The zero-order valence-corrected chi connectivity index (χ0v) is 13.4. The first-order valence-electron chi connectivity index (χ1n) is 8.18. The van der Waals surface area contributed by atoms with Crippen molar-refractivity contribution in [1.82, 2.24) is 15.2 Å². The maximum Gasteiger partial charge on any atom is 0.0897 e. The van der Waals surface area contributed by atoms with Gasteiger partial charge in [0.25, 0.3) is 0 Å². The van der Waals surface area contributed by atoms with E-state index in [4.69, 9.17) is 0 Å². The second kappa shape index (κ2) is 7.01. The molecule has 2 fully saturated rings. The van der Waals surface area contributed by atoms with E-state index in [2.05, 4.69) is 28.3 Å². The molecule has 0 radical (unpaired) electrons. The summed E-state index contributed by atoms with van der Waals surface area (Å²) in [5.74, 6) is 0.910. The summed E-state index contributed by atoms with van der Waals surface area (Å²) in [6.45, 7) is 6.84. The molecule has 0 aromatic carbocycles. The largest absolute Gasteiger partial charge is 0.312 e. The molecule has 3 nitrogen and oxygen atoms in total. The third-order valence-electron chi connectivity index (χ3n) is 4.78. The molecule has 0 amide bonds. The second-order valence-corrected chi connectivity index (χ2v) is 7.71. The third kappa shape index (κ3) is 3.80. The lowest BCUT2D eigenvalue weighted by molar-refractivity contribution is 0.202. The average molecular weight is 293 g/mol. The average Bonchev–Trinajstić information content (AvgIpc) is 2.74. The third-order valence-corrected chi connectivity index (χ3v) is 5.68. The van der Waals surface area contributed by atoms with Gasteiger partial charge in [0.05, 0.1) is 5.01 Å². The zero-order valence-electron chi connectivity index (χ0n) is 12.6. The summed E-state index contributed by atoms with van der Waals surface area (Å²) >= 11 is 1.85. The molecule has 0 spiro atoms. The van der Waals surface area contributed by atoms with E-state index in [-0.39, 0.29) is 0 Å². The van der Waals surface area contributed by atoms with Crippen molar-refractivity contribution in [2.45, 2.75) is 58.0 Å². The highest BCUT2D eigenvalue weighted by Crippen LogP contribution is 2.28. The van der Waals surface area contributed by atoms with Gasteiger partial charge in [-0.3, -0.25) is 4.90 Å². The van der Waals surface area contributed by atoms with Crippen molar-refractivity contribution in [3.8, 4) is 0 Å². The fourth-order valence-electron chi connectivity index (χ4n) is 3.72. The minimum atomic E-state index is 0.715. The van der Waals surface area contributed by atoms with Gasteiger partial charge in [-0.25, -0.2) is 4.98 Å². The van der Waals surface area contributed by atoms with Crippen molar-refractivity contribution in [3.05, 3.63) is 16.1 Å². The van der Waals surface area contributed by atoms with Crippen LogP contribution in [0.2, 0.25) is 0 Å². The first-order chi connectivity index (χ1) is 9.81. The van der Waals surface area contributed by atoms with Gasteiger partial charge in [-0.05, 0) is 45.2 Å². The summed E-state index contributed by atoms with van der Waals surface area (Å²) in [6, 6.07) is 0.715. The molecule has 1 saturated carbocycles. The zero-order chi connectivity index (χ0) is 13.8. The normalized spacial score (nSPS) is 26.6. The Kier molecular flexibility index (Phi) is 5.08. The van der Waals surface area contributed by atoms with Gasteiger partial charge < -0.3 is 5.32 Å². The number of hydrogen-bond acceptors (Lipinski definition) is 4. The van der Waals surface area contributed by atoms with E-state index in [1.54, 1.807) is 0 Å². The Morgan fingerprint density at radius 1 is 1.30 bits per heavy atom. The van der Waals surface area contributed by atoms with E-state index in [9.17, 15) is 0 Å². The molecule has 1 aliphatic carbocycles. The van der Waals surface area contributed by atoms with Crippen LogP contribution in [0.25, 0.3) is 0 Å². The van der Waals surface area contributed by atoms with Crippen LogP contribution in [-0.4, -0.2) is 35.6 Å². The van der Waals surface area contributed by atoms with Crippen LogP contribution in [0.15, 0.2) is 6.20 Å². The molecule has 1 aromatic rings. The summed E-state index contributed by atoms with van der Waals surface area (Å²) < 4.78 is 0. The summed E-state index contributed by atoms with van der Waals surface area (Å²) in [6.07, 6.45) is 10.5. The van der Waals surface area contributed by atoms with Crippen molar-refractivity contribution >= 4 is 11.3 Å². The lowest BCUT2D eigenvalue weighted by Gasteiger charge is -2.32. The van der Waals surface area contributed by atoms with E-state index in [1.807, 2.05) is 11.3 Å². The van der Waals surface area contributed by atoms with Crippen LogP contribution in [0, 0.1) is 12.8 Å². The van der Waals surface area contributed by atoms with Crippen LogP contribution >= 0.6 is 11.3 Å². The van der Waals surface area contributed by atoms with Gasteiger partial charge in [0, 0.05) is 30.2 Å². The van der Waals surface area contributed by atoms with Crippen molar-refractivity contribution in [2.75, 3.05) is 19.6 Å². The predicted molar refractivity (Wildman–Crippen MR) is 85.1 cm³/mol. The topological polar surface area (TPSA) is 28.2 Å². The second-order valence-electron chi connectivity index (χ2n) is 6.39. The Morgan fingerprint density at radius 2 is 2.15 bits per heavy atom. The minimum Gasteiger partial charge on any atom is -0.312 e. The van der Waals surface area contributed by atoms with E-state index < -0.39 is 0 Å². The van der Waals surface area contributed by atoms with Gasteiger partial charge in [0.2, 0.25) is 0 Å². The molecule has 4 heteroatoms. The van der Waals surface area contributed by atoms with Crippen LogP contribution in [0.4, 0.5) is 0 Å². The van der Waals surface area contributed by atoms with Crippen molar-refractivity contribution < 1.29 is 0 Å². The Hall–Kier alpha value is -0.450. The summed E-state index contributed by atoms with van der Waals surface area (Å²) in [4.78, 5) is 8.46. The Balaban J connectivity index is 1.59. The summed E-state index contributed by atoms with van der Waals surface area (Å²) in [5, 5.41) is 5.01. The van der Waals surface area contributed by atoms with Gasteiger partial charge in [0.1, 0.15) is 0 Å². The fraction of sp³-hybridized carbons (Fsp3) is 0.812. The molecule has 112 valence electrons. The van der Waals surface area contributed by atoms with Gasteiger partial charge in [-0.15, -0.1) is 11.3 Å². The highest BCUT2D eigenvalue weighted by molar-refractivity contribution is 7.11. The predicted octanol–water partition coefficient (Wildman–Crippen LogP) is 3.20. The number of aromatic nitrogens is 1. The van der Waals surface area contributed by atoms with E-state index in [0.717, 1.165) is 12.5 Å². The molecular formula is C16H27N3S. The molecule has 1 unspecified atom stereocenters. The van der Waals surface area contributed by atoms with Gasteiger partial charge in [-0.2, -0.15) is 0 Å². The number of thiazole rings is 1. The van der Waals surface area contributed by atoms with Crippen LogP contribution < -0.4 is 5.32 Å². The highest BCUT2D eigenvalue weighted by atomic mass is 32.1. The maximum absolute atomic E-state index is 4.39. The molecule has 2 aliphatic rings. The molecular weight excluding hydrogens is 266 g/mol. The van der Waals surface area contributed by atoms with Gasteiger partial charge in [-0.1, -0.05) is 19.3 Å². The lowest BCUT2D eigenvalue weighted by atomic mass is 9.83. The first kappa shape index (κ1) is 14.5. The maximum atomic E-state index is 4.39. The van der Waals surface area contributed by atoms with Gasteiger partial charge in [0.15, 0.2) is 0 Å². The quantitative estimate of drug-likeness (QED) is 0.927. The molecule has 2 heterocycles. The fourth-order valence-corrected chi connectivity index (χ4v) is 4.56. The van der Waals surface area contributed by atoms with Crippen molar-refractivity contribution in [3.63, 3.8) is 0 Å². The van der Waals surface area contributed by atoms with Crippen molar-refractivity contribution in [2.24, 2.45) is 5.92 Å². The number of aryl methyl sites for hydroxylation is 1. The minimum absolute atomic E-state index is 0.715. The molecule has 1 aliphatic heterocycles. The monoisotopic (exact) mass is 293 g/mol. The van der Waals surface area contributed by atoms with E-state index in [1.165, 1.54) is 68.0 Å². The summed E-state index contributed by atoms with van der Waals surface area (Å²) in [7, 11) is 0. The molecule has 1 aromatic heterocycles. The smallest absolute Gasteiger partial charge is 0.0897 e. The standard InChI is InChI=1S/C16H27N3S/c1-13-18-10-15(20-13)11-19-9-5-8-17-16(12-19)14-6-3-2-4-7-14/h10,14,16-17H,2-9,11-12H2,1H3. The first-order valence-corrected chi connectivity index (χ1v) is 9.00. The highest BCUT2D eigenvalue weighted by Gasteiger charge is 2.26. The van der Waals surface area contributed by atoms with Crippen LogP contribution in [0.5, 0.6) is 0 Å². The molecule has 1 saturated heterocycles. The lowest BCUT2D eigenvalue weighted by Crippen LogP contribution is -2.43. The number of nitrogens with one attached hydrogen (secondary N) is 1. The number of hydrogen-bond donors (Lipinski definition) is 1. The number of rotatable bonds is 3. The van der Waals surface area contributed by atoms with Crippen LogP contribution in [-0.2, 0) is 6.54 Å². The molecule has 1 atom stereocenters.